The lowest BCUT2D eigenvalue weighted by Crippen LogP contribution is -2.48. The predicted octanol–water partition coefficient (Wildman–Crippen LogP) is 2.88. The quantitative estimate of drug-likeness (QED) is 0.790. The molecule has 2 N–H and O–H groups in total. The van der Waals surface area contributed by atoms with Crippen LogP contribution in [0.15, 0.2) is 30.3 Å². The molecule has 4 bridgehead atoms. The first-order chi connectivity index (χ1) is 13.1. The summed E-state index contributed by atoms with van der Waals surface area (Å²) in [6, 6.07) is 9.67. The van der Waals surface area contributed by atoms with Crippen LogP contribution in [0, 0.1) is 35.0 Å². The summed E-state index contributed by atoms with van der Waals surface area (Å²) in [5.41, 5.74) is 1.15. The second kappa shape index (κ2) is 7.76. The summed E-state index contributed by atoms with van der Waals surface area (Å²) in [6.07, 6.45) is 8.39. The minimum absolute atomic E-state index is 0.0301. The van der Waals surface area contributed by atoms with E-state index < -0.39 is 0 Å². The number of nitrogens with one attached hydrogen (secondary N) is 2. The van der Waals surface area contributed by atoms with Crippen LogP contribution in [0.25, 0.3) is 0 Å². The van der Waals surface area contributed by atoms with Crippen molar-refractivity contribution in [2.75, 3.05) is 13.1 Å². The van der Waals surface area contributed by atoms with Crippen LogP contribution < -0.4 is 10.6 Å². The van der Waals surface area contributed by atoms with Crippen LogP contribution in [0.1, 0.15) is 50.5 Å². The maximum Gasteiger partial charge on any atom is 0.240 e. The van der Waals surface area contributed by atoms with Crippen molar-refractivity contribution < 1.29 is 9.59 Å². The van der Waals surface area contributed by atoms with Crippen molar-refractivity contribution in [3.05, 3.63) is 35.9 Å². The van der Waals surface area contributed by atoms with E-state index in [-0.39, 0.29) is 23.8 Å². The summed E-state index contributed by atoms with van der Waals surface area (Å²) in [4.78, 5) is 24.4. The monoisotopic (exact) mass is 364 g/mol. The number of carbonyl (C=O) groups is 2. The molecular formula is C23H28N2O2. The summed E-state index contributed by atoms with van der Waals surface area (Å²) < 4.78 is 0. The summed E-state index contributed by atoms with van der Waals surface area (Å²) in [6.45, 7) is 0.330. The Labute approximate surface area is 161 Å². The average molecular weight is 364 g/mol. The van der Waals surface area contributed by atoms with Gasteiger partial charge in [-0.15, -0.1) is 0 Å². The van der Waals surface area contributed by atoms with Gasteiger partial charge in [-0.05, 0) is 73.8 Å². The fraction of sp³-hybridized carbons (Fsp3) is 0.565. The maximum atomic E-state index is 12.4. The molecule has 0 heterocycles. The molecule has 4 nitrogen and oxygen atoms in total. The van der Waals surface area contributed by atoms with E-state index in [1.807, 2.05) is 30.3 Å². The van der Waals surface area contributed by atoms with Crippen LogP contribution >= 0.6 is 0 Å². The van der Waals surface area contributed by atoms with E-state index in [0.717, 1.165) is 23.3 Å². The van der Waals surface area contributed by atoms with Crippen LogP contribution in [0.5, 0.6) is 0 Å². The molecule has 5 rings (SSSR count). The number of hydrogen-bond donors (Lipinski definition) is 2. The van der Waals surface area contributed by atoms with Gasteiger partial charge in [0.2, 0.25) is 11.8 Å². The maximum absolute atomic E-state index is 12.4. The van der Waals surface area contributed by atoms with Crippen LogP contribution in [0.3, 0.4) is 0 Å². The van der Waals surface area contributed by atoms with Crippen molar-refractivity contribution in [2.45, 2.75) is 44.9 Å². The SMILES string of the molecule is O=C(CNC(=O)CC12CC3CC(CC(C3)C1)C2)NCC#Cc1ccccc1. The minimum atomic E-state index is -0.184. The number of benzene rings is 1. The standard InChI is InChI=1S/C23H28N2O2/c26-21(15-23-12-18-9-19(13-23)11-20(10-18)14-23)25-16-22(27)24-8-4-7-17-5-2-1-3-6-17/h1-3,5-6,18-20H,8-16H2,(H,24,27)(H,25,26). The molecule has 0 aromatic heterocycles. The third-order valence-electron chi connectivity index (χ3n) is 6.53. The fourth-order valence-corrected chi connectivity index (χ4v) is 5.96. The molecule has 142 valence electrons. The van der Waals surface area contributed by atoms with Gasteiger partial charge in [0.15, 0.2) is 0 Å². The van der Waals surface area contributed by atoms with E-state index in [1.54, 1.807) is 0 Å². The molecule has 1 aromatic carbocycles. The van der Waals surface area contributed by atoms with Gasteiger partial charge < -0.3 is 10.6 Å². The van der Waals surface area contributed by atoms with Gasteiger partial charge in [-0.1, -0.05) is 30.0 Å². The Morgan fingerprint density at radius 2 is 1.56 bits per heavy atom. The molecule has 4 heteroatoms. The van der Waals surface area contributed by atoms with Crippen molar-refractivity contribution >= 4 is 11.8 Å². The van der Waals surface area contributed by atoms with Gasteiger partial charge in [0.1, 0.15) is 0 Å². The van der Waals surface area contributed by atoms with Crippen LogP contribution in [0.4, 0.5) is 0 Å². The van der Waals surface area contributed by atoms with Crippen molar-refractivity contribution in [1.29, 1.82) is 0 Å². The normalized spacial score (nSPS) is 30.3. The van der Waals surface area contributed by atoms with E-state index in [1.165, 1.54) is 38.5 Å². The van der Waals surface area contributed by atoms with E-state index in [2.05, 4.69) is 22.5 Å². The second-order valence-electron chi connectivity index (χ2n) is 8.82. The van der Waals surface area contributed by atoms with E-state index in [0.29, 0.717) is 13.0 Å². The highest BCUT2D eigenvalue weighted by Crippen LogP contribution is 2.61. The Balaban J connectivity index is 1.18. The first-order valence-electron chi connectivity index (χ1n) is 10.2. The molecule has 0 radical (unpaired) electrons. The summed E-state index contributed by atoms with van der Waals surface area (Å²) >= 11 is 0. The molecule has 27 heavy (non-hydrogen) atoms. The zero-order chi connectivity index (χ0) is 18.7. The van der Waals surface area contributed by atoms with Crippen LogP contribution in [-0.4, -0.2) is 24.9 Å². The smallest absolute Gasteiger partial charge is 0.240 e. The van der Waals surface area contributed by atoms with Gasteiger partial charge >= 0.3 is 0 Å². The first kappa shape index (κ1) is 18.1. The van der Waals surface area contributed by atoms with Crippen molar-refractivity contribution in [3.8, 4) is 11.8 Å². The summed E-state index contributed by atoms with van der Waals surface area (Å²) in [5.74, 6) is 8.30. The average Bonchev–Trinajstić information content (AvgIpc) is 2.63. The van der Waals surface area contributed by atoms with Crippen LogP contribution in [-0.2, 0) is 9.59 Å². The minimum Gasteiger partial charge on any atom is -0.347 e. The number of amides is 2. The van der Waals surface area contributed by atoms with Crippen molar-refractivity contribution in [2.24, 2.45) is 23.2 Å². The van der Waals surface area contributed by atoms with Crippen LogP contribution in [0.2, 0.25) is 0 Å². The third-order valence-corrected chi connectivity index (χ3v) is 6.53. The van der Waals surface area contributed by atoms with Gasteiger partial charge in [-0.3, -0.25) is 9.59 Å². The molecule has 4 fully saturated rings. The molecular weight excluding hydrogens is 336 g/mol. The molecule has 4 aliphatic carbocycles. The number of hydrogen-bond acceptors (Lipinski definition) is 2. The lowest BCUT2D eigenvalue weighted by Gasteiger charge is -2.56. The first-order valence-corrected chi connectivity index (χ1v) is 10.2. The molecule has 2 amide bonds. The molecule has 0 saturated heterocycles. The molecule has 1 aromatic rings. The highest BCUT2D eigenvalue weighted by molar-refractivity contribution is 5.85. The van der Waals surface area contributed by atoms with Gasteiger partial charge in [-0.2, -0.15) is 0 Å². The van der Waals surface area contributed by atoms with E-state index in [9.17, 15) is 9.59 Å². The Hall–Kier alpha value is -2.28. The predicted molar refractivity (Wildman–Crippen MR) is 105 cm³/mol. The van der Waals surface area contributed by atoms with Gasteiger partial charge in [0.25, 0.3) is 0 Å². The van der Waals surface area contributed by atoms with Crippen molar-refractivity contribution in [3.63, 3.8) is 0 Å². The van der Waals surface area contributed by atoms with E-state index >= 15 is 0 Å². The lowest BCUT2D eigenvalue weighted by atomic mass is 9.49. The molecule has 0 atom stereocenters. The fourth-order valence-electron chi connectivity index (χ4n) is 5.96. The molecule has 4 aliphatic rings. The largest absolute Gasteiger partial charge is 0.347 e. The third kappa shape index (κ3) is 4.53. The number of rotatable bonds is 5. The Bertz CT molecular complexity index is 724. The highest BCUT2D eigenvalue weighted by Gasteiger charge is 2.51. The Morgan fingerprint density at radius 1 is 0.926 bits per heavy atom. The van der Waals surface area contributed by atoms with Crippen molar-refractivity contribution in [1.82, 2.24) is 10.6 Å². The van der Waals surface area contributed by atoms with E-state index in [4.69, 9.17) is 0 Å². The number of carbonyl (C=O) groups excluding carboxylic acids is 2. The van der Waals surface area contributed by atoms with Gasteiger partial charge in [0, 0.05) is 12.0 Å². The highest BCUT2D eigenvalue weighted by atomic mass is 16.2. The Kier molecular flexibility index (Phi) is 5.20. The van der Waals surface area contributed by atoms with Gasteiger partial charge in [0.05, 0.1) is 13.1 Å². The molecule has 0 spiro atoms. The Morgan fingerprint density at radius 3 is 2.19 bits per heavy atom. The molecule has 4 saturated carbocycles. The molecule has 0 unspecified atom stereocenters. The summed E-state index contributed by atoms with van der Waals surface area (Å²) in [7, 11) is 0. The lowest BCUT2D eigenvalue weighted by molar-refractivity contribution is -0.131. The zero-order valence-electron chi connectivity index (χ0n) is 15.8. The summed E-state index contributed by atoms with van der Waals surface area (Å²) in [5, 5.41) is 5.56. The second-order valence-corrected chi connectivity index (χ2v) is 8.82. The molecule has 0 aliphatic heterocycles. The zero-order valence-corrected chi connectivity index (χ0v) is 15.8. The topological polar surface area (TPSA) is 58.2 Å². The van der Waals surface area contributed by atoms with Gasteiger partial charge in [-0.25, -0.2) is 0 Å².